The van der Waals surface area contributed by atoms with E-state index in [1.165, 1.54) is 0 Å². The fraction of sp³-hybridized carbons (Fsp3) is 0.345. The lowest BCUT2D eigenvalue weighted by molar-refractivity contribution is -0.126. The quantitative estimate of drug-likeness (QED) is 0.452. The molecule has 0 aliphatic carbocycles. The molecule has 1 saturated heterocycles. The van der Waals surface area contributed by atoms with Gasteiger partial charge in [0, 0.05) is 37.0 Å². The zero-order valence-corrected chi connectivity index (χ0v) is 20.9. The largest absolute Gasteiger partial charge is 0.494 e. The van der Waals surface area contributed by atoms with Crippen molar-refractivity contribution < 1.29 is 19.1 Å². The first-order valence-corrected chi connectivity index (χ1v) is 12.5. The van der Waals surface area contributed by atoms with Crippen LogP contribution in [0.2, 0.25) is 0 Å². The van der Waals surface area contributed by atoms with Gasteiger partial charge in [0.2, 0.25) is 11.8 Å². The minimum Gasteiger partial charge on any atom is -0.494 e. The van der Waals surface area contributed by atoms with Crippen molar-refractivity contribution in [1.82, 2.24) is 15.2 Å². The number of benzene rings is 2. The standard InChI is InChI=1S/C29H33N3O4/c1-3-18-35-25-12-14-26(15-13-25)36-28-23(6-4-16-30-28)19-31-27(33)24-7-5-17-32(20-24)29(34)22-10-8-21(2)9-11-22/h4,6,8-16,24H,3,5,7,17-20H2,1-2H3,(H,31,33). The number of rotatable bonds is 9. The van der Waals surface area contributed by atoms with Crippen molar-refractivity contribution in [3.05, 3.63) is 83.6 Å². The summed E-state index contributed by atoms with van der Waals surface area (Å²) in [5, 5.41) is 3.02. The summed E-state index contributed by atoms with van der Waals surface area (Å²) in [6, 6.07) is 18.7. The van der Waals surface area contributed by atoms with Crippen LogP contribution in [-0.4, -0.2) is 41.4 Å². The number of piperidine rings is 1. The number of ether oxygens (including phenoxy) is 2. The first-order chi connectivity index (χ1) is 17.5. The van der Waals surface area contributed by atoms with Gasteiger partial charge < -0.3 is 19.7 Å². The van der Waals surface area contributed by atoms with Crippen LogP contribution in [0.3, 0.4) is 0 Å². The molecule has 0 saturated carbocycles. The fourth-order valence-electron chi connectivity index (χ4n) is 4.17. The maximum atomic E-state index is 13.0. The Morgan fingerprint density at radius 2 is 1.81 bits per heavy atom. The monoisotopic (exact) mass is 487 g/mol. The van der Waals surface area contributed by atoms with Crippen LogP contribution in [0.1, 0.15) is 47.7 Å². The van der Waals surface area contributed by atoms with Gasteiger partial charge >= 0.3 is 0 Å². The van der Waals surface area contributed by atoms with Crippen molar-refractivity contribution in [1.29, 1.82) is 0 Å². The molecule has 4 rings (SSSR count). The van der Waals surface area contributed by atoms with Crippen molar-refractivity contribution in [3.8, 4) is 17.4 Å². The van der Waals surface area contributed by atoms with Gasteiger partial charge in [-0.1, -0.05) is 30.7 Å². The Balaban J connectivity index is 1.34. The van der Waals surface area contributed by atoms with E-state index in [2.05, 4.69) is 17.2 Å². The summed E-state index contributed by atoms with van der Waals surface area (Å²) < 4.78 is 11.6. The average molecular weight is 488 g/mol. The fourth-order valence-corrected chi connectivity index (χ4v) is 4.17. The van der Waals surface area contributed by atoms with Crippen LogP contribution in [-0.2, 0) is 11.3 Å². The molecule has 3 aromatic rings. The molecule has 1 aromatic heterocycles. The third kappa shape index (κ3) is 6.62. The molecule has 2 aromatic carbocycles. The van der Waals surface area contributed by atoms with Crippen LogP contribution in [0.15, 0.2) is 66.9 Å². The summed E-state index contributed by atoms with van der Waals surface area (Å²) in [5.74, 6) is 1.54. The lowest BCUT2D eigenvalue weighted by Crippen LogP contribution is -2.45. The zero-order chi connectivity index (χ0) is 25.3. The highest BCUT2D eigenvalue weighted by Crippen LogP contribution is 2.25. The number of nitrogens with zero attached hydrogens (tertiary/aromatic N) is 2. The number of hydrogen-bond acceptors (Lipinski definition) is 5. The van der Waals surface area contributed by atoms with Crippen molar-refractivity contribution in [2.45, 2.75) is 39.7 Å². The van der Waals surface area contributed by atoms with E-state index in [9.17, 15) is 9.59 Å². The number of likely N-dealkylation sites (tertiary alicyclic amines) is 1. The van der Waals surface area contributed by atoms with Gasteiger partial charge in [-0.05, 0) is 68.7 Å². The molecule has 1 N–H and O–H groups in total. The second-order valence-electron chi connectivity index (χ2n) is 9.06. The second-order valence-corrected chi connectivity index (χ2v) is 9.06. The minimum absolute atomic E-state index is 0.0263. The Morgan fingerprint density at radius 1 is 1.06 bits per heavy atom. The van der Waals surface area contributed by atoms with Gasteiger partial charge in [0.25, 0.3) is 5.91 Å². The van der Waals surface area contributed by atoms with Gasteiger partial charge in [-0.25, -0.2) is 4.98 Å². The minimum atomic E-state index is -0.246. The van der Waals surface area contributed by atoms with E-state index < -0.39 is 0 Å². The van der Waals surface area contributed by atoms with Gasteiger partial charge in [0.15, 0.2) is 0 Å². The molecule has 188 valence electrons. The van der Waals surface area contributed by atoms with Crippen molar-refractivity contribution in [2.24, 2.45) is 5.92 Å². The first kappa shape index (κ1) is 25.2. The van der Waals surface area contributed by atoms with E-state index in [1.807, 2.05) is 67.6 Å². The number of hydrogen-bond donors (Lipinski definition) is 1. The van der Waals surface area contributed by atoms with Gasteiger partial charge in [0.05, 0.1) is 12.5 Å². The average Bonchev–Trinajstić information content (AvgIpc) is 2.92. The van der Waals surface area contributed by atoms with E-state index in [0.29, 0.717) is 43.4 Å². The van der Waals surface area contributed by atoms with Crippen molar-refractivity contribution >= 4 is 11.8 Å². The van der Waals surface area contributed by atoms with Crippen molar-refractivity contribution in [3.63, 3.8) is 0 Å². The van der Waals surface area contributed by atoms with Crippen LogP contribution >= 0.6 is 0 Å². The number of pyridine rings is 1. The molecular formula is C29H33N3O4. The predicted molar refractivity (Wildman–Crippen MR) is 138 cm³/mol. The third-order valence-corrected chi connectivity index (χ3v) is 6.19. The Hall–Kier alpha value is -3.87. The summed E-state index contributed by atoms with van der Waals surface area (Å²) in [4.78, 5) is 32.0. The summed E-state index contributed by atoms with van der Waals surface area (Å²) in [6.45, 7) is 6.10. The van der Waals surface area contributed by atoms with E-state index in [1.54, 1.807) is 11.1 Å². The first-order valence-electron chi connectivity index (χ1n) is 12.5. The maximum Gasteiger partial charge on any atom is 0.253 e. The molecule has 7 heteroatoms. The van der Waals surface area contributed by atoms with E-state index >= 15 is 0 Å². The maximum absolute atomic E-state index is 13.0. The highest BCUT2D eigenvalue weighted by atomic mass is 16.5. The Bertz CT molecular complexity index is 1160. The van der Waals surface area contributed by atoms with Gasteiger partial charge in [-0.15, -0.1) is 0 Å². The summed E-state index contributed by atoms with van der Waals surface area (Å²) in [7, 11) is 0. The Morgan fingerprint density at radius 3 is 2.56 bits per heavy atom. The highest BCUT2D eigenvalue weighted by molar-refractivity contribution is 5.94. The number of carbonyl (C=O) groups is 2. The molecule has 1 fully saturated rings. The van der Waals surface area contributed by atoms with Crippen LogP contribution in [0.4, 0.5) is 0 Å². The SMILES string of the molecule is CCCOc1ccc(Oc2ncccc2CNC(=O)C2CCCN(C(=O)c3ccc(C)cc3)C2)cc1. The molecule has 36 heavy (non-hydrogen) atoms. The number of aromatic nitrogens is 1. The van der Waals surface area contributed by atoms with Crippen molar-refractivity contribution in [2.75, 3.05) is 19.7 Å². The lowest BCUT2D eigenvalue weighted by Gasteiger charge is -2.32. The smallest absolute Gasteiger partial charge is 0.253 e. The highest BCUT2D eigenvalue weighted by Gasteiger charge is 2.29. The number of carbonyl (C=O) groups excluding carboxylic acids is 2. The van der Waals surface area contributed by atoms with Crippen LogP contribution in [0.25, 0.3) is 0 Å². The van der Waals surface area contributed by atoms with E-state index in [4.69, 9.17) is 9.47 Å². The Kier molecular flexibility index (Phi) is 8.55. The molecule has 1 unspecified atom stereocenters. The summed E-state index contributed by atoms with van der Waals surface area (Å²) in [5.41, 5.74) is 2.54. The molecule has 1 aliphatic rings. The predicted octanol–water partition coefficient (Wildman–Crippen LogP) is 5.14. The second kappa shape index (κ2) is 12.2. The molecule has 1 aliphatic heterocycles. The van der Waals surface area contributed by atoms with Gasteiger partial charge in [-0.3, -0.25) is 9.59 Å². The summed E-state index contributed by atoms with van der Waals surface area (Å²) in [6.07, 6.45) is 4.17. The summed E-state index contributed by atoms with van der Waals surface area (Å²) >= 11 is 0. The molecule has 0 radical (unpaired) electrons. The molecule has 0 bridgehead atoms. The van der Waals surface area contributed by atoms with Gasteiger partial charge in [-0.2, -0.15) is 0 Å². The zero-order valence-electron chi connectivity index (χ0n) is 20.9. The molecular weight excluding hydrogens is 454 g/mol. The molecule has 7 nitrogen and oxygen atoms in total. The number of amides is 2. The molecule has 2 amide bonds. The molecule has 0 spiro atoms. The Labute approximate surface area is 212 Å². The van der Waals surface area contributed by atoms with Gasteiger partial charge in [0.1, 0.15) is 11.5 Å². The lowest BCUT2D eigenvalue weighted by atomic mass is 9.96. The van der Waals surface area contributed by atoms with Crippen LogP contribution in [0.5, 0.6) is 17.4 Å². The molecule has 2 heterocycles. The molecule has 1 atom stereocenters. The van der Waals surface area contributed by atoms with Crippen LogP contribution in [0, 0.1) is 12.8 Å². The third-order valence-electron chi connectivity index (χ3n) is 6.19. The number of nitrogens with one attached hydrogen (secondary N) is 1. The normalized spacial score (nSPS) is 15.3. The number of aryl methyl sites for hydroxylation is 1. The van der Waals surface area contributed by atoms with Crippen LogP contribution < -0.4 is 14.8 Å². The topological polar surface area (TPSA) is 80.8 Å². The van der Waals surface area contributed by atoms with E-state index in [-0.39, 0.29) is 17.7 Å². The van der Waals surface area contributed by atoms with E-state index in [0.717, 1.165) is 36.1 Å².